The van der Waals surface area contributed by atoms with E-state index in [-0.39, 0.29) is 12.2 Å². The van der Waals surface area contributed by atoms with Crippen LogP contribution >= 0.6 is 0 Å². The highest BCUT2D eigenvalue weighted by atomic mass is 19.1. The predicted octanol–water partition coefficient (Wildman–Crippen LogP) is 2.13. The molecule has 0 aromatic heterocycles. The maximum Gasteiger partial charge on any atom is 0.305 e. The third-order valence-corrected chi connectivity index (χ3v) is 2.17. The topological polar surface area (TPSA) is 40.5 Å². The summed E-state index contributed by atoms with van der Waals surface area (Å²) in [4.78, 5) is 12.3. The summed E-state index contributed by atoms with van der Waals surface area (Å²) in [5.74, 6) is -1.11. The Balaban J connectivity index is 2.65. The van der Waals surface area contributed by atoms with E-state index in [0.29, 0.717) is 13.1 Å². The molecule has 0 radical (unpaired) electrons. The van der Waals surface area contributed by atoms with Crippen molar-refractivity contribution in [2.24, 2.45) is 0 Å². The number of benzene rings is 1. The van der Waals surface area contributed by atoms with Crippen molar-refractivity contribution in [3.63, 3.8) is 0 Å². The zero-order valence-corrected chi connectivity index (χ0v) is 8.61. The average molecular weight is 211 g/mol. The Kier molecular flexibility index (Phi) is 4.09. The van der Waals surface area contributed by atoms with Crippen LogP contribution in [0, 0.1) is 5.82 Å². The molecule has 1 rings (SSSR count). The molecule has 0 aliphatic heterocycles. The molecule has 0 bridgehead atoms. The van der Waals surface area contributed by atoms with Crippen LogP contribution in [-0.2, 0) is 4.79 Å². The van der Waals surface area contributed by atoms with Gasteiger partial charge in [0, 0.05) is 18.8 Å². The second-order valence-electron chi connectivity index (χ2n) is 3.20. The Morgan fingerprint density at radius 3 is 2.47 bits per heavy atom. The standard InChI is InChI=1S/C11H14FNO2/c1-2-13(8-7-11(14)15)10-5-3-9(12)4-6-10/h3-6H,2,7-8H2,1H3,(H,14,15). The molecule has 0 saturated carbocycles. The number of aliphatic carboxylic acids is 1. The Labute approximate surface area is 88.1 Å². The van der Waals surface area contributed by atoms with Crippen molar-refractivity contribution in [1.29, 1.82) is 0 Å². The van der Waals surface area contributed by atoms with Crippen LogP contribution in [0.25, 0.3) is 0 Å². The molecular formula is C11H14FNO2. The summed E-state index contributed by atoms with van der Waals surface area (Å²) in [5.41, 5.74) is 0.847. The summed E-state index contributed by atoms with van der Waals surface area (Å²) in [6.07, 6.45) is 0.0885. The third-order valence-electron chi connectivity index (χ3n) is 2.17. The lowest BCUT2D eigenvalue weighted by Crippen LogP contribution is -2.25. The SMILES string of the molecule is CCN(CCC(=O)O)c1ccc(F)cc1. The van der Waals surface area contributed by atoms with E-state index in [1.807, 2.05) is 11.8 Å². The largest absolute Gasteiger partial charge is 0.481 e. The van der Waals surface area contributed by atoms with Crippen LogP contribution in [0.1, 0.15) is 13.3 Å². The minimum Gasteiger partial charge on any atom is -0.481 e. The Morgan fingerprint density at radius 1 is 1.40 bits per heavy atom. The van der Waals surface area contributed by atoms with Gasteiger partial charge in [0.15, 0.2) is 0 Å². The first kappa shape index (κ1) is 11.5. The molecule has 0 heterocycles. The van der Waals surface area contributed by atoms with Gasteiger partial charge in [-0.3, -0.25) is 4.79 Å². The van der Waals surface area contributed by atoms with Gasteiger partial charge in [0.05, 0.1) is 6.42 Å². The highest BCUT2D eigenvalue weighted by Crippen LogP contribution is 2.14. The smallest absolute Gasteiger partial charge is 0.305 e. The number of carbonyl (C=O) groups is 1. The molecule has 0 aliphatic rings. The first-order chi connectivity index (χ1) is 7.13. The van der Waals surface area contributed by atoms with Gasteiger partial charge in [-0.2, -0.15) is 0 Å². The van der Waals surface area contributed by atoms with Crippen molar-refractivity contribution in [2.75, 3.05) is 18.0 Å². The van der Waals surface area contributed by atoms with E-state index in [9.17, 15) is 9.18 Å². The predicted molar refractivity (Wildman–Crippen MR) is 56.5 cm³/mol. The van der Waals surface area contributed by atoms with Crippen molar-refractivity contribution in [2.45, 2.75) is 13.3 Å². The third kappa shape index (κ3) is 3.58. The number of carboxylic acid groups (broad SMARTS) is 1. The van der Waals surface area contributed by atoms with Gasteiger partial charge in [0.25, 0.3) is 0 Å². The van der Waals surface area contributed by atoms with Crippen molar-refractivity contribution in [3.05, 3.63) is 30.1 Å². The molecule has 3 nitrogen and oxygen atoms in total. The average Bonchev–Trinajstić information content (AvgIpc) is 2.21. The number of hydrogen-bond donors (Lipinski definition) is 1. The lowest BCUT2D eigenvalue weighted by Gasteiger charge is -2.22. The van der Waals surface area contributed by atoms with Gasteiger partial charge in [-0.25, -0.2) is 4.39 Å². The fraction of sp³-hybridized carbons (Fsp3) is 0.364. The van der Waals surface area contributed by atoms with E-state index in [0.717, 1.165) is 5.69 Å². The molecule has 0 amide bonds. The molecule has 0 fully saturated rings. The van der Waals surface area contributed by atoms with Crippen molar-refractivity contribution in [3.8, 4) is 0 Å². The number of nitrogens with zero attached hydrogens (tertiary/aromatic N) is 1. The number of rotatable bonds is 5. The summed E-state index contributed by atoms with van der Waals surface area (Å²) >= 11 is 0. The molecule has 1 aromatic carbocycles. The lowest BCUT2D eigenvalue weighted by atomic mass is 10.2. The number of halogens is 1. The molecule has 82 valence electrons. The fourth-order valence-corrected chi connectivity index (χ4v) is 1.35. The zero-order chi connectivity index (χ0) is 11.3. The first-order valence-corrected chi connectivity index (χ1v) is 4.85. The number of anilines is 1. The van der Waals surface area contributed by atoms with Crippen LogP contribution in [0.15, 0.2) is 24.3 Å². The van der Waals surface area contributed by atoms with Gasteiger partial charge in [-0.05, 0) is 31.2 Å². The van der Waals surface area contributed by atoms with Crippen molar-refractivity contribution in [1.82, 2.24) is 0 Å². The molecule has 15 heavy (non-hydrogen) atoms. The molecular weight excluding hydrogens is 197 g/mol. The molecule has 0 spiro atoms. The van der Waals surface area contributed by atoms with Crippen molar-refractivity contribution >= 4 is 11.7 Å². The summed E-state index contributed by atoms with van der Waals surface area (Å²) in [6, 6.07) is 6.05. The van der Waals surface area contributed by atoms with E-state index in [4.69, 9.17) is 5.11 Å². The van der Waals surface area contributed by atoms with Crippen LogP contribution < -0.4 is 4.90 Å². The lowest BCUT2D eigenvalue weighted by molar-refractivity contribution is -0.136. The van der Waals surface area contributed by atoms with Gasteiger partial charge in [-0.15, -0.1) is 0 Å². The number of hydrogen-bond acceptors (Lipinski definition) is 2. The molecule has 0 aliphatic carbocycles. The monoisotopic (exact) mass is 211 g/mol. The van der Waals surface area contributed by atoms with Gasteiger partial charge in [0.2, 0.25) is 0 Å². The summed E-state index contributed by atoms with van der Waals surface area (Å²) < 4.78 is 12.7. The van der Waals surface area contributed by atoms with Crippen LogP contribution in [0.4, 0.5) is 10.1 Å². The van der Waals surface area contributed by atoms with Crippen LogP contribution in [0.5, 0.6) is 0 Å². The highest BCUT2D eigenvalue weighted by Gasteiger charge is 2.06. The van der Waals surface area contributed by atoms with E-state index in [1.54, 1.807) is 12.1 Å². The molecule has 4 heteroatoms. The molecule has 1 N–H and O–H groups in total. The van der Waals surface area contributed by atoms with Gasteiger partial charge in [0.1, 0.15) is 5.82 Å². The maximum atomic E-state index is 12.7. The van der Waals surface area contributed by atoms with Crippen LogP contribution in [0.3, 0.4) is 0 Å². The van der Waals surface area contributed by atoms with Crippen LogP contribution in [0.2, 0.25) is 0 Å². The Hall–Kier alpha value is -1.58. The fourth-order valence-electron chi connectivity index (χ4n) is 1.35. The van der Waals surface area contributed by atoms with E-state index >= 15 is 0 Å². The minimum atomic E-state index is -0.824. The van der Waals surface area contributed by atoms with E-state index in [1.165, 1.54) is 12.1 Å². The normalized spacial score (nSPS) is 10.0. The summed E-state index contributed by atoms with van der Waals surface area (Å²) in [6.45, 7) is 3.08. The van der Waals surface area contributed by atoms with E-state index < -0.39 is 5.97 Å². The second kappa shape index (κ2) is 5.34. The first-order valence-electron chi connectivity index (χ1n) is 4.85. The van der Waals surface area contributed by atoms with E-state index in [2.05, 4.69) is 0 Å². The quantitative estimate of drug-likeness (QED) is 0.811. The maximum absolute atomic E-state index is 12.7. The Bertz CT molecular complexity index is 324. The summed E-state index contributed by atoms with van der Waals surface area (Å²) in [5, 5.41) is 8.56. The van der Waals surface area contributed by atoms with Gasteiger partial charge >= 0.3 is 5.97 Å². The number of carboxylic acids is 1. The van der Waals surface area contributed by atoms with Crippen molar-refractivity contribution < 1.29 is 14.3 Å². The molecule has 0 unspecified atom stereocenters. The second-order valence-corrected chi connectivity index (χ2v) is 3.20. The molecule has 1 aromatic rings. The molecule has 0 atom stereocenters. The van der Waals surface area contributed by atoms with Gasteiger partial charge in [-0.1, -0.05) is 0 Å². The zero-order valence-electron chi connectivity index (χ0n) is 8.61. The Morgan fingerprint density at radius 2 is 2.00 bits per heavy atom. The highest BCUT2D eigenvalue weighted by molar-refractivity contribution is 5.67. The molecule has 0 saturated heterocycles. The van der Waals surface area contributed by atoms with Gasteiger partial charge < -0.3 is 10.0 Å². The van der Waals surface area contributed by atoms with Crippen LogP contribution in [-0.4, -0.2) is 24.2 Å². The minimum absolute atomic E-state index is 0.0885. The summed E-state index contributed by atoms with van der Waals surface area (Å²) in [7, 11) is 0.